The predicted molar refractivity (Wildman–Crippen MR) is 70.3 cm³/mol. The van der Waals surface area contributed by atoms with E-state index in [1.165, 1.54) is 51.4 Å². The van der Waals surface area contributed by atoms with Crippen LogP contribution in [0.4, 0.5) is 8.78 Å². The number of halogens is 2. The molecular formula is C13H26F2S. The zero-order chi connectivity index (χ0) is 12.1. The first-order valence-corrected chi connectivity index (χ1v) is 7.72. The van der Waals surface area contributed by atoms with Crippen molar-refractivity contribution < 1.29 is 8.78 Å². The summed E-state index contributed by atoms with van der Waals surface area (Å²) in [6.45, 7) is 2.23. The smallest absolute Gasteiger partial charge is 0.198 e. The molecule has 98 valence electrons. The van der Waals surface area contributed by atoms with Crippen molar-refractivity contribution in [1.82, 2.24) is 0 Å². The van der Waals surface area contributed by atoms with E-state index in [0.717, 1.165) is 24.6 Å². The Balaban J connectivity index is 2.88. The van der Waals surface area contributed by atoms with E-state index in [9.17, 15) is 8.78 Å². The monoisotopic (exact) mass is 252 g/mol. The molecule has 0 atom stereocenters. The molecule has 0 saturated heterocycles. The van der Waals surface area contributed by atoms with Crippen LogP contribution in [0.5, 0.6) is 0 Å². The largest absolute Gasteiger partial charge is 0.284 e. The molecule has 3 heteroatoms. The Morgan fingerprint density at radius 2 is 1.19 bits per heavy atom. The van der Waals surface area contributed by atoms with Gasteiger partial charge in [-0.2, -0.15) is 8.78 Å². The summed E-state index contributed by atoms with van der Waals surface area (Å²) in [4.78, 5) is 0. The van der Waals surface area contributed by atoms with Crippen LogP contribution in [0.25, 0.3) is 0 Å². The topological polar surface area (TPSA) is 0 Å². The number of unbranched alkanes of at least 4 members (excludes halogenated alkanes) is 9. The quantitative estimate of drug-likeness (QED) is 0.392. The Morgan fingerprint density at radius 1 is 0.750 bits per heavy atom. The first kappa shape index (κ1) is 16.2. The van der Waals surface area contributed by atoms with Gasteiger partial charge in [-0.15, -0.1) is 0 Å². The molecular weight excluding hydrogens is 226 g/mol. The van der Waals surface area contributed by atoms with Crippen molar-refractivity contribution in [1.29, 1.82) is 0 Å². The molecule has 0 saturated carbocycles. The summed E-state index contributed by atoms with van der Waals surface area (Å²) in [5.74, 6) is -1.56. The minimum atomic E-state index is -2.18. The lowest BCUT2D eigenvalue weighted by Crippen LogP contribution is -1.87. The molecule has 0 aliphatic heterocycles. The fourth-order valence-electron chi connectivity index (χ4n) is 1.76. The van der Waals surface area contributed by atoms with Crippen molar-refractivity contribution in [3.05, 3.63) is 0 Å². The van der Waals surface area contributed by atoms with Crippen molar-refractivity contribution in [2.75, 3.05) is 5.75 Å². The molecule has 0 spiro atoms. The van der Waals surface area contributed by atoms with Gasteiger partial charge < -0.3 is 0 Å². The van der Waals surface area contributed by atoms with Crippen LogP contribution < -0.4 is 0 Å². The van der Waals surface area contributed by atoms with E-state index in [-0.39, 0.29) is 0 Å². The third-order valence-electron chi connectivity index (χ3n) is 2.74. The highest BCUT2D eigenvalue weighted by Crippen LogP contribution is 2.16. The summed E-state index contributed by atoms with van der Waals surface area (Å²) in [5.41, 5.74) is 0. The van der Waals surface area contributed by atoms with Gasteiger partial charge in [-0.25, -0.2) is 0 Å². The van der Waals surface area contributed by atoms with Crippen LogP contribution in [-0.2, 0) is 0 Å². The van der Waals surface area contributed by atoms with Gasteiger partial charge in [0.25, 0.3) is 5.76 Å². The van der Waals surface area contributed by atoms with Gasteiger partial charge in [-0.3, -0.25) is 0 Å². The Bertz CT molecular complexity index is 129. The molecule has 0 fully saturated rings. The van der Waals surface area contributed by atoms with Gasteiger partial charge in [0, 0.05) is 0 Å². The molecule has 0 nitrogen and oxygen atoms in total. The Hall–Kier alpha value is 0.210. The van der Waals surface area contributed by atoms with Crippen LogP contribution in [0.1, 0.15) is 71.1 Å². The fraction of sp³-hybridized carbons (Fsp3) is 1.00. The average Bonchev–Trinajstić information content (AvgIpc) is 2.25. The summed E-state index contributed by atoms with van der Waals surface area (Å²) >= 11 is 0.775. The van der Waals surface area contributed by atoms with Gasteiger partial charge in [0.1, 0.15) is 0 Å². The highest BCUT2D eigenvalue weighted by molar-refractivity contribution is 7.99. The third-order valence-corrected chi connectivity index (χ3v) is 3.52. The van der Waals surface area contributed by atoms with E-state index in [1.807, 2.05) is 0 Å². The predicted octanol–water partition coefficient (Wildman–Crippen LogP) is 5.86. The fourth-order valence-corrected chi connectivity index (χ4v) is 2.31. The second-order valence-electron chi connectivity index (χ2n) is 4.31. The summed E-state index contributed by atoms with van der Waals surface area (Å²) in [6.07, 6.45) is 12.7. The molecule has 0 radical (unpaired) electrons. The molecule has 0 heterocycles. The minimum Gasteiger partial charge on any atom is -0.198 e. The molecule has 0 aromatic heterocycles. The van der Waals surface area contributed by atoms with Crippen molar-refractivity contribution in [3.8, 4) is 0 Å². The van der Waals surface area contributed by atoms with E-state index >= 15 is 0 Å². The SMILES string of the molecule is CCCCCCCCCCCCSC(F)F. The summed E-state index contributed by atoms with van der Waals surface area (Å²) in [7, 11) is 0. The molecule has 0 rings (SSSR count). The van der Waals surface area contributed by atoms with E-state index in [0.29, 0.717) is 5.75 Å². The maximum absolute atomic E-state index is 11.8. The lowest BCUT2D eigenvalue weighted by molar-refractivity contribution is 0.252. The standard InChI is InChI=1S/C13H26F2S/c1-2-3-4-5-6-7-8-9-10-11-12-16-13(14)15/h13H,2-12H2,1H3. The summed E-state index contributed by atoms with van der Waals surface area (Å²) in [5, 5.41) is 0. The lowest BCUT2D eigenvalue weighted by Gasteiger charge is -2.02. The van der Waals surface area contributed by atoms with E-state index in [1.54, 1.807) is 0 Å². The number of rotatable bonds is 12. The van der Waals surface area contributed by atoms with Crippen molar-refractivity contribution in [2.45, 2.75) is 76.9 Å². The summed E-state index contributed by atoms with van der Waals surface area (Å²) in [6, 6.07) is 0. The third kappa shape index (κ3) is 14.2. The van der Waals surface area contributed by atoms with E-state index in [2.05, 4.69) is 6.92 Å². The molecule has 16 heavy (non-hydrogen) atoms. The van der Waals surface area contributed by atoms with Crippen LogP contribution >= 0.6 is 11.8 Å². The number of hydrogen-bond acceptors (Lipinski definition) is 1. The molecule has 0 aliphatic carbocycles. The van der Waals surface area contributed by atoms with Crippen molar-refractivity contribution in [2.24, 2.45) is 0 Å². The van der Waals surface area contributed by atoms with Crippen LogP contribution in [0.2, 0.25) is 0 Å². The second-order valence-corrected chi connectivity index (χ2v) is 5.41. The molecule has 0 aliphatic rings. The number of hydrogen-bond donors (Lipinski definition) is 0. The van der Waals surface area contributed by atoms with Gasteiger partial charge in [0.05, 0.1) is 0 Å². The molecule has 0 amide bonds. The summed E-state index contributed by atoms with van der Waals surface area (Å²) < 4.78 is 23.6. The Labute approximate surface area is 104 Å². The first-order valence-electron chi connectivity index (χ1n) is 6.67. The number of thioether (sulfide) groups is 1. The zero-order valence-corrected chi connectivity index (χ0v) is 11.3. The number of alkyl halides is 2. The van der Waals surface area contributed by atoms with E-state index < -0.39 is 5.76 Å². The highest BCUT2D eigenvalue weighted by Gasteiger charge is 2.00. The van der Waals surface area contributed by atoms with Crippen molar-refractivity contribution >= 4 is 11.8 Å². The molecule has 0 aromatic rings. The molecule has 0 N–H and O–H groups in total. The minimum absolute atomic E-state index is 0.619. The molecule has 0 bridgehead atoms. The lowest BCUT2D eigenvalue weighted by atomic mass is 10.1. The van der Waals surface area contributed by atoms with Gasteiger partial charge in [0.15, 0.2) is 0 Å². The molecule has 0 unspecified atom stereocenters. The zero-order valence-electron chi connectivity index (χ0n) is 10.5. The normalized spacial score (nSPS) is 11.2. The van der Waals surface area contributed by atoms with Gasteiger partial charge in [-0.05, 0) is 12.2 Å². The Kier molecular flexibility index (Phi) is 13.4. The Morgan fingerprint density at radius 3 is 1.62 bits per heavy atom. The van der Waals surface area contributed by atoms with Crippen LogP contribution in [-0.4, -0.2) is 11.5 Å². The van der Waals surface area contributed by atoms with Gasteiger partial charge in [-0.1, -0.05) is 76.5 Å². The van der Waals surface area contributed by atoms with Crippen LogP contribution in [0, 0.1) is 0 Å². The van der Waals surface area contributed by atoms with Crippen molar-refractivity contribution in [3.63, 3.8) is 0 Å². The second kappa shape index (κ2) is 13.3. The maximum atomic E-state index is 11.8. The first-order chi connectivity index (χ1) is 7.77. The van der Waals surface area contributed by atoms with Crippen LogP contribution in [0.15, 0.2) is 0 Å². The molecule has 0 aromatic carbocycles. The van der Waals surface area contributed by atoms with E-state index in [4.69, 9.17) is 0 Å². The average molecular weight is 252 g/mol. The van der Waals surface area contributed by atoms with Crippen LogP contribution in [0.3, 0.4) is 0 Å². The van der Waals surface area contributed by atoms with Gasteiger partial charge >= 0.3 is 0 Å². The van der Waals surface area contributed by atoms with Gasteiger partial charge in [0.2, 0.25) is 0 Å². The highest BCUT2D eigenvalue weighted by atomic mass is 32.2. The maximum Gasteiger partial charge on any atom is 0.284 e.